The van der Waals surface area contributed by atoms with Crippen molar-refractivity contribution in [2.24, 2.45) is 5.73 Å². The second kappa shape index (κ2) is 5.09. The van der Waals surface area contributed by atoms with Gasteiger partial charge in [0.2, 0.25) is 0 Å². The van der Waals surface area contributed by atoms with Gasteiger partial charge >= 0.3 is 0 Å². The van der Waals surface area contributed by atoms with Crippen LogP contribution in [0.15, 0.2) is 40.6 Å². The number of rotatable bonds is 4. The number of hydrogen-bond donors (Lipinski definition) is 1. The van der Waals surface area contributed by atoms with Gasteiger partial charge in [-0.25, -0.2) is 0 Å². The molecule has 0 aliphatic heterocycles. The first kappa shape index (κ1) is 11.1. The summed E-state index contributed by atoms with van der Waals surface area (Å²) in [7, 11) is 0. The molecule has 2 aromatic heterocycles. The molecule has 0 unspecified atom stereocenters. The lowest BCUT2D eigenvalue weighted by atomic mass is 10.2. The second-order valence-electron chi connectivity index (χ2n) is 3.57. The van der Waals surface area contributed by atoms with Crippen LogP contribution in [0, 0.1) is 0 Å². The Morgan fingerprint density at radius 1 is 1.31 bits per heavy atom. The molecule has 2 aromatic rings. The molecule has 0 spiro atoms. The molecule has 0 saturated heterocycles. The minimum Gasteiger partial charge on any atom is -0.330 e. The predicted octanol–water partition coefficient (Wildman–Crippen LogP) is 1.93. The Kier molecular flexibility index (Phi) is 3.54. The molecular formula is C12H14N2OS. The molecule has 84 valence electrons. The van der Waals surface area contributed by atoms with Crippen molar-refractivity contribution in [1.29, 1.82) is 0 Å². The summed E-state index contributed by atoms with van der Waals surface area (Å²) >= 11 is 1.67. The van der Waals surface area contributed by atoms with Crippen LogP contribution in [-0.4, -0.2) is 11.1 Å². The minimum absolute atomic E-state index is 0.0359. The fraction of sp³-hybridized carbons (Fsp3) is 0.250. The number of hydrogen-bond acceptors (Lipinski definition) is 3. The summed E-state index contributed by atoms with van der Waals surface area (Å²) in [6, 6.07) is 7.55. The fourth-order valence-corrected chi connectivity index (χ4v) is 2.27. The topological polar surface area (TPSA) is 48.0 Å². The van der Waals surface area contributed by atoms with E-state index in [1.54, 1.807) is 22.0 Å². The quantitative estimate of drug-likeness (QED) is 0.878. The third-order valence-electron chi connectivity index (χ3n) is 2.39. The van der Waals surface area contributed by atoms with E-state index in [4.69, 9.17) is 5.73 Å². The molecule has 0 aliphatic carbocycles. The lowest BCUT2D eigenvalue weighted by molar-refractivity contribution is 0.631. The smallest absolute Gasteiger partial charge is 0.250 e. The van der Waals surface area contributed by atoms with E-state index in [-0.39, 0.29) is 5.56 Å². The first-order chi connectivity index (χ1) is 7.81. The predicted molar refractivity (Wildman–Crippen MR) is 67.7 cm³/mol. The van der Waals surface area contributed by atoms with E-state index in [0.29, 0.717) is 13.1 Å². The van der Waals surface area contributed by atoms with Crippen LogP contribution < -0.4 is 11.3 Å². The Morgan fingerprint density at radius 2 is 2.19 bits per heavy atom. The summed E-state index contributed by atoms with van der Waals surface area (Å²) in [5.74, 6) is 0. The van der Waals surface area contributed by atoms with Crippen molar-refractivity contribution in [1.82, 2.24) is 4.57 Å². The van der Waals surface area contributed by atoms with E-state index in [1.165, 1.54) is 4.88 Å². The number of aromatic nitrogens is 1. The molecule has 2 heterocycles. The van der Waals surface area contributed by atoms with Gasteiger partial charge in [-0.15, -0.1) is 11.3 Å². The van der Waals surface area contributed by atoms with E-state index in [2.05, 4.69) is 6.07 Å². The molecule has 0 saturated carbocycles. The summed E-state index contributed by atoms with van der Waals surface area (Å²) in [6.45, 7) is 1.30. The summed E-state index contributed by atoms with van der Waals surface area (Å²) < 4.78 is 1.72. The van der Waals surface area contributed by atoms with Crippen molar-refractivity contribution in [2.45, 2.75) is 13.0 Å². The highest BCUT2D eigenvalue weighted by molar-refractivity contribution is 7.13. The highest BCUT2D eigenvalue weighted by Crippen LogP contribution is 2.23. The molecule has 0 amide bonds. The normalized spacial score (nSPS) is 10.6. The lowest BCUT2D eigenvalue weighted by Crippen LogP contribution is -2.19. The van der Waals surface area contributed by atoms with E-state index in [1.807, 2.05) is 23.7 Å². The molecule has 0 aliphatic rings. The maximum absolute atomic E-state index is 11.6. The van der Waals surface area contributed by atoms with Crippen LogP contribution in [0.25, 0.3) is 10.4 Å². The fourth-order valence-electron chi connectivity index (χ4n) is 1.56. The van der Waals surface area contributed by atoms with E-state index < -0.39 is 0 Å². The molecule has 0 aromatic carbocycles. The highest BCUT2D eigenvalue weighted by Gasteiger charge is 2.01. The van der Waals surface area contributed by atoms with E-state index in [9.17, 15) is 4.79 Å². The molecule has 0 fully saturated rings. The Labute approximate surface area is 98.2 Å². The van der Waals surface area contributed by atoms with Gasteiger partial charge in [-0.2, -0.15) is 0 Å². The van der Waals surface area contributed by atoms with Crippen LogP contribution in [0.5, 0.6) is 0 Å². The number of pyridine rings is 1. The van der Waals surface area contributed by atoms with Gasteiger partial charge in [0.1, 0.15) is 0 Å². The number of nitrogens with zero attached hydrogens (tertiary/aromatic N) is 1. The average molecular weight is 234 g/mol. The van der Waals surface area contributed by atoms with Crippen LogP contribution >= 0.6 is 11.3 Å². The molecule has 0 bridgehead atoms. The zero-order chi connectivity index (χ0) is 11.4. The van der Waals surface area contributed by atoms with Crippen molar-refractivity contribution in [3.8, 4) is 10.4 Å². The summed E-state index contributed by atoms with van der Waals surface area (Å²) in [6.07, 6.45) is 2.73. The van der Waals surface area contributed by atoms with Gasteiger partial charge in [0.25, 0.3) is 5.56 Å². The van der Waals surface area contributed by atoms with Crippen molar-refractivity contribution in [3.63, 3.8) is 0 Å². The number of thiophene rings is 1. The molecular weight excluding hydrogens is 220 g/mol. The van der Waals surface area contributed by atoms with Crippen molar-refractivity contribution < 1.29 is 0 Å². The lowest BCUT2D eigenvalue weighted by Gasteiger charge is -2.06. The van der Waals surface area contributed by atoms with Gasteiger partial charge in [-0.3, -0.25) is 4.79 Å². The van der Waals surface area contributed by atoms with Gasteiger partial charge in [-0.1, -0.05) is 6.07 Å². The van der Waals surface area contributed by atoms with Crippen molar-refractivity contribution in [2.75, 3.05) is 6.54 Å². The molecule has 16 heavy (non-hydrogen) atoms. The SMILES string of the molecule is NCCCn1cc(-c2cccs2)ccc1=O. The summed E-state index contributed by atoms with van der Waals surface area (Å²) in [5, 5.41) is 2.03. The van der Waals surface area contributed by atoms with Gasteiger partial charge in [0.15, 0.2) is 0 Å². The maximum atomic E-state index is 11.6. The molecule has 2 N–H and O–H groups in total. The molecule has 0 radical (unpaired) electrons. The monoisotopic (exact) mass is 234 g/mol. The highest BCUT2D eigenvalue weighted by atomic mass is 32.1. The molecule has 2 rings (SSSR count). The Morgan fingerprint density at radius 3 is 2.88 bits per heavy atom. The van der Waals surface area contributed by atoms with E-state index >= 15 is 0 Å². The van der Waals surface area contributed by atoms with Crippen molar-refractivity contribution >= 4 is 11.3 Å². The number of nitrogens with two attached hydrogens (primary N) is 1. The standard InChI is InChI=1S/C12H14N2OS/c13-6-2-7-14-9-10(4-5-12(14)15)11-3-1-8-16-11/h1,3-5,8-9H,2,6-7,13H2. The van der Waals surface area contributed by atoms with Gasteiger partial charge in [0.05, 0.1) is 0 Å². The van der Waals surface area contributed by atoms with Crippen LogP contribution in [0.1, 0.15) is 6.42 Å². The Bertz CT molecular complexity index is 502. The minimum atomic E-state index is 0.0359. The second-order valence-corrected chi connectivity index (χ2v) is 4.52. The van der Waals surface area contributed by atoms with Crippen LogP contribution in [0.2, 0.25) is 0 Å². The zero-order valence-electron chi connectivity index (χ0n) is 8.93. The van der Waals surface area contributed by atoms with Crippen molar-refractivity contribution in [3.05, 3.63) is 46.2 Å². The first-order valence-corrected chi connectivity index (χ1v) is 6.13. The molecule has 4 heteroatoms. The van der Waals surface area contributed by atoms with Gasteiger partial charge in [-0.05, 0) is 30.5 Å². The Hall–Kier alpha value is -1.39. The van der Waals surface area contributed by atoms with Gasteiger partial charge < -0.3 is 10.3 Å². The summed E-state index contributed by atoms with van der Waals surface area (Å²) in [5.41, 5.74) is 6.57. The van der Waals surface area contributed by atoms with Crippen LogP contribution in [-0.2, 0) is 6.54 Å². The maximum Gasteiger partial charge on any atom is 0.250 e. The average Bonchev–Trinajstić information content (AvgIpc) is 2.81. The first-order valence-electron chi connectivity index (χ1n) is 5.25. The Balaban J connectivity index is 2.32. The van der Waals surface area contributed by atoms with Crippen LogP contribution in [0.3, 0.4) is 0 Å². The van der Waals surface area contributed by atoms with E-state index in [0.717, 1.165) is 12.0 Å². The largest absolute Gasteiger partial charge is 0.330 e. The zero-order valence-corrected chi connectivity index (χ0v) is 9.74. The number of aryl methyl sites for hydroxylation is 1. The third-order valence-corrected chi connectivity index (χ3v) is 3.31. The summed E-state index contributed by atoms with van der Waals surface area (Å²) in [4.78, 5) is 12.8. The third kappa shape index (κ3) is 2.40. The molecule has 3 nitrogen and oxygen atoms in total. The molecule has 0 atom stereocenters. The van der Waals surface area contributed by atoms with Gasteiger partial charge in [0, 0.05) is 29.2 Å². The van der Waals surface area contributed by atoms with Crippen LogP contribution in [0.4, 0.5) is 0 Å².